The Hall–Kier alpha value is -2.54. The molecule has 128 valence electrons. The quantitative estimate of drug-likeness (QED) is 0.621. The van der Waals surface area contributed by atoms with Gasteiger partial charge in [0, 0.05) is 15.7 Å². The largest absolute Gasteiger partial charge is 0.454 e. The zero-order valence-corrected chi connectivity index (χ0v) is 14.7. The highest BCUT2D eigenvalue weighted by molar-refractivity contribution is 9.10. The first-order valence-electron chi connectivity index (χ1n) is 7.47. The molecular weight excluding hydrogens is 393 g/mol. The number of ketones is 1. The number of halogens is 2. The van der Waals surface area contributed by atoms with Gasteiger partial charge in [0.05, 0.1) is 11.5 Å². The summed E-state index contributed by atoms with van der Waals surface area (Å²) in [5, 5.41) is 2.71. The second-order valence-electron chi connectivity index (χ2n) is 5.64. The van der Waals surface area contributed by atoms with Gasteiger partial charge in [0.25, 0.3) is 0 Å². The fourth-order valence-electron chi connectivity index (χ4n) is 2.54. The van der Waals surface area contributed by atoms with Crippen LogP contribution in [0.5, 0.6) is 0 Å². The summed E-state index contributed by atoms with van der Waals surface area (Å²) in [6.07, 6.45) is 0. The van der Waals surface area contributed by atoms with E-state index in [4.69, 9.17) is 4.74 Å². The van der Waals surface area contributed by atoms with E-state index in [2.05, 4.69) is 21.2 Å². The number of hydrogen-bond donors (Lipinski definition) is 1. The normalized spacial score (nSPS) is 15.5. The van der Waals surface area contributed by atoms with E-state index in [0.29, 0.717) is 15.7 Å². The smallest absolute Gasteiger partial charge is 0.341 e. The lowest BCUT2D eigenvalue weighted by molar-refractivity contribution is -0.116. The zero-order valence-electron chi connectivity index (χ0n) is 13.1. The summed E-state index contributed by atoms with van der Waals surface area (Å²) >= 11 is 3.10. The van der Waals surface area contributed by atoms with Crippen LogP contribution in [0.25, 0.3) is 0 Å². The van der Waals surface area contributed by atoms with Crippen LogP contribution in [0.3, 0.4) is 0 Å². The first-order chi connectivity index (χ1) is 11.9. The molecule has 1 amide bonds. The monoisotopic (exact) mass is 405 g/mol. The third-order valence-electron chi connectivity index (χ3n) is 3.98. The van der Waals surface area contributed by atoms with Gasteiger partial charge in [-0.1, -0.05) is 15.9 Å². The summed E-state index contributed by atoms with van der Waals surface area (Å²) in [5.74, 6) is -2.55. The van der Waals surface area contributed by atoms with Gasteiger partial charge in [0.2, 0.25) is 5.91 Å². The maximum atomic E-state index is 13.7. The van der Waals surface area contributed by atoms with Crippen molar-refractivity contribution < 1.29 is 23.5 Å². The molecule has 0 bridgehead atoms. The topological polar surface area (TPSA) is 72.5 Å². The van der Waals surface area contributed by atoms with E-state index in [-0.39, 0.29) is 17.4 Å². The zero-order chi connectivity index (χ0) is 18.1. The van der Waals surface area contributed by atoms with Gasteiger partial charge < -0.3 is 10.1 Å². The standard InChI is InChI=1S/C18H13BrFNO4/c1-9-13-6-10(2-5-15(13)21-17(9)23)16(22)8-25-18(24)12-4-3-11(19)7-14(12)20/h2-7,9H,8H2,1H3,(H,21,23)/t9-/m1/s1. The number of nitrogens with one attached hydrogen (secondary N) is 1. The Balaban J connectivity index is 1.69. The van der Waals surface area contributed by atoms with E-state index < -0.39 is 24.2 Å². The lowest BCUT2D eigenvalue weighted by Crippen LogP contribution is -2.15. The number of benzene rings is 2. The number of hydrogen-bond acceptors (Lipinski definition) is 4. The predicted molar refractivity (Wildman–Crippen MR) is 92.2 cm³/mol. The molecule has 25 heavy (non-hydrogen) atoms. The number of amides is 1. The van der Waals surface area contributed by atoms with Gasteiger partial charge in [-0.2, -0.15) is 0 Å². The van der Waals surface area contributed by atoms with Crippen LogP contribution in [0.15, 0.2) is 40.9 Å². The molecule has 1 aliphatic heterocycles. The summed E-state index contributed by atoms with van der Waals surface area (Å²) in [4.78, 5) is 35.8. The van der Waals surface area contributed by atoms with E-state index in [1.165, 1.54) is 12.1 Å². The molecule has 2 aromatic rings. The Labute approximate surface area is 151 Å². The average Bonchev–Trinajstić information content (AvgIpc) is 2.86. The number of anilines is 1. The molecule has 0 saturated heterocycles. The van der Waals surface area contributed by atoms with Crippen molar-refractivity contribution in [2.24, 2.45) is 0 Å². The fourth-order valence-corrected chi connectivity index (χ4v) is 2.87. The first kappa shape index (κ1) is 17.3. The van der Waals surface area contributed by atoms with Gasteiger partial charge in [-0.25, -0.2) is 9.18 Å². The number of ether oxygens (including phenoxy) is 1. The van der Waals surface area contributed by atoms with Crippen LogP contribution in [0, 0.1) is 5.82 Å². The minimum atomic E-state index is -0.912. The summed E-state index contributed by atoms with van der Waals surface area (Å²) in [5.41, 5.74) is 1.48. The van der Waals surface area contributed by atoms with Gasteiger partial charge in [0.15, 0.2) is 12.4 Å². The van der Waals surface area contributed by atoms with E-state index in [0.717, 1.165) is 11.6 Å². The second-order valence-corrected chi connectivity index (χ2v) is 6.55. The van der Waals surface area contributed by atoms with Crippen LogP contribution < -0.4 is 5.32 Å². The van der Waals surface area contributed by atoms with Crippen molar-refractivity contribution in [2.45, 2.75) is 12.8 Å². The lowest BCUT2D eigenvalue weighted by Gasteiger charge is -2.07. The first-order valence-corrected chi connectivity index (χ1v) is 8.26. The Kier molecular flexibility index (Phi) is 4.67. The molecule has 0 aliphatic carbocycles. The third kappa shape index (κ3) is 3.46. The molecule has 1 heterocycles. The number of esters is 1. The number of fused-ring (bicyclic) bond motifs is 1. The molecule has 1 atom stereocenters. The Morgan fingerprint density at radius 1 is 1.24 bits per heavy atom. The van der Waals surface area contributed by atoms with Crippen molar-refractivity contribution >= 4 is 39.3 Å². The van der Waals surface area contributed by atoms with Crippen molar-refractivity contribution in [2.75, 3.05) is 11.9 Å². The van der Waals surface area contributed by atoms with Crippen LogP contribution in [0.2, 0.25) is 0 Å². The minimum Gasteiger partial charge on any atom is -0.454 e. The fraction of sp³-hybridized carbons (Fsp3) is 0.167. The molecule has 0 aromatic heterocycles. The van der Waals surface area contributed by atoms with Crippen LogP contribution in [-0.4, -0.2) is 24.3 Å². The van der Waals surface area contributed by atoms with Crippen LogP contribution in [0.4, 0.5) is 10.1 Å². The summed E-state index contributed by atoms with van der Waals surface area (Å²) in [6, 6.07) is 8.72. The molecule has 0 unspecified atom stereocenters. The molecule has 0 saturated carbocycles. The van der Waals surface area contributed by atoms with Crippen LogP contribution >= 0.6 is 15.9 Å². The second kappa shape index (κ2) is 6.76. The van der Waals surface area contributed by atoms with Gasteiger partial charge in [-0.3, -0.25) is 9.59 Å². The Bertz CT molecular complexity index is 897. The van der Waals surface area contributed by atoms with E-state index in [1.54, 1.807) is 25.1 Å². The number of carbonyl (C=O) groups excluding carboxylic acids is 3. The predicted octanol–water partition coefficient (Wildman–Crippen LogP) is 3.68. The Morgan fingerprint density at radius 3 is 2.72 bits per heavy atom. The molecule has 0 radical (unpaired) electrons. The summed E-state index contributed by atoms with van der Waals surface area (Å²) in [7, 11) is 0. The average molecular weight is 406 g/mol. The van der Waals surface area contributed by atoms with Crippen molar-refractivity contribution in [3.8, 4) is 0 Å². The SMILES string of the molecule is C[C@H]1C(=O)Nc2ccc(C(=O)COC(=O)c3ccc(Br)cc3F)cc21. The van der Waals surface area contributed by atoms with E-state index in [1.807, 2.05) is 0 Å². The summed E-state index contributed by atoms with van der Waals surface area (Å²) < 4.78 is 19.1. The van der Waals surface area contributed by atoms with E-state index in [9.17, 15) is 18.8 Å². The molecule has 2 aromatic carbocycles. The lowest BCUT2D eigenvalue weighted by atomic mass is 9.99. The van der Waals surface area contributed by atoms with Gasteiger partial charge in [-0.15, -0.1) is 0 Å². The van der Waals surface area contributed by atoms with Crippen LogP contribution in [0.1, 0.15) is 39.1 Å². The van der Waals surface area contributed by atoms with Gasteiger partial charge in [-0.05, 0) is 48.9 Å². The van der Waals surface area contributed by atoms with Gasteiger partial charge in [0.1, 0.15) is 5.82 Å². The highest BCUT2D eigenvalue weighted by atomic mass is 79.9. The molecule has 0 spiro atoms. The number of Topliss-reactive ketones (excluding diaryl/α,β-unsaturated/α-hetero) is 1. The van der Waals surface area contributed by atoms with Crippen molar-refractivity contribution in [1.82, 2.24) is 0 Å². The maximum Gasteiger partial charge on any atom is 0.341 e. The minimum absolute atomic E-state index is 0.128. The highest BCUT2D eigenvalue weighted by Gasteiger charge is 2.27. The molecule has 1 N–H and O–H groups in total. The van der Waals surface area contributed by atoms with Gasteiger partial charge >= 0.3 is 5.97 Å². The molecule has 7 heteroatoms. The van der Waals surface area contributed by atoms with Crippen LogP contribution in [-0.2, 0) is 9.53 Å². The number of carbonyl (C=O) groups is 3. The third-order valence-corrected chi connectivity index (χ3v) is 4.47. The maximum absolute atomic E-state index is 13.7. The molecule has 1 aliphatic rings. The van der Waals surface area contributed by atoms with Crippen molar-refractivity contribution in [1.29, 1.82) is 0 Å². The molecular formula is C18H13BrFNO4. The molecule has 5 nitrogen and oxygen atoms in total. The summed E-state index contributed by atoms with van der Waals surface area (Å²) in [6.45, 7) is 1.23. The van der Waals surface area contributed by atoms with Crippen molar-refractivity contribution in [3.63, 3.8) is 0 Å². The Morgan fingerprint density at radius 2 is 2.00 bits per heavy atom. The van der Waals surface area contributed by atoms with Crippen molar-refractivity contribution in [3.05, 3.63) is 63.4 Å². The molecule has 3 rings (SSSR count). The molecule has 0 fully saturated rings. The van der Waals surface area contributed by atoms with E-state index >= 15 is 0 Å². The number of rotatable bonds is 4. The highest BCUT2D eigenvalue weighted by Crippen LogP contribution is 2.32.